The second-order valence-corrected chi connectivity index (χ2v) is 7.95. The summed E-state index contributed by atoms with van der Waals surface area (Å²) in [7, 11) is -0.0418. The topological polar surface area (TPSA) is 93.7 Å². The van der Waals surface area contributed by atoms with Gasteiger partial charge in [-0.25, -0.2) is 23.1 Å². The van der Waals surface area contributed by atoms with Gasteiger partial charge in [-0.05, 0) is 25.1 Å². The van der Waals surface area contributed by atoms with Crippen LogP contribution in [0.25, 0.3) is 0 Å². The molecule has 0 atom stereocenters. The van der Waals surface area contributed by atoms with Crippen LogP contribution in [0, 0.1) is 6.92 Å². The van der Waals surface area contributed by atoms with Crippen molar-refractivity contribution in [3.8, 4) is 11.5 Å². The first kappa shape index (κ1) is 18.4. The second kappa shape index (κ2) is 7.46. The van der Waals surface area contributed by atoms with E-state index in [0.29, 0.717) is 36.4 Å². The lowest BCUT2D eigenvalue weighted by Gasteiger charge is -2.13. The first-order valence-electron chi connectivity index (χ1n) is 8.26. The Hall–Kier alpha value is -2.39. The Bertz CT molecular complexity index is 900. The average Bonchev–Trinajstić information content (AvgIpc) is 2.84. The largest absolute Gasteiger partial charge is 0.490 e. The maximum absolute atomic E-state index is 12.6. The third-order valence-electron chi connectivity index (χ3n) is 3.77. The van der Waals surface area contributed by atoms with Crippen LogP contribution in [0.15, 0.2) is 29.2 Å². The van der Waals surface area contributed by atoms with Gasteiger partial charge < -0.3 is 14.4 Å². The van der Waals surface area contributed by atoms with Crippen LogP contribution in [0.1, 0.15) is 17.8 Å². The van der Waals surface area contributed by atoms with Crippen molar-refractivity contribution < 1.29 is 17.9 Å². The van der Waals surface area contributed by atoms with Crippen LogP contribution in [0.3, 0.4) is 0 Å². The number of rotatable bonds is 5. The molecule has 0 saturated heterocycles. The average molecular weight is 378 g/mol. The number of hydrogen-bond acceptors (Lipinski definition) is 7. The first-order valence-corrected chi connectivity index (χ1v) is 9.75. The number of nitrogens with zero attached hydrogens (tertiary/aromatic N) is 3. The van der Waals surface area contributed by atoms with Crippen molar-refractivity contribution in [1.82, 2.24) is 14.7 Å². The van der Waals surface area contributed by atoms with Crippen LogP contribution in [-0.2, 0) is 16.6 Å². The summed E-state index contributed by atoms with van der Waals surface area (Å²) in [4.78, 5) is 10.6. The van der Waals surface area contributed by atoms with Crippen molar-refractivity contribution in [3.63, 3.8) is 0 Å². The van der Waals surface area contributed by atoms with E-state index in [0.717, 1.165) is 12.1 Å². The number of fused-ring (bicyclic) bond motifs is 1. The summed E-state index contributed by atoms with van der Waals surface area (Å²) in [6.45, 7) is 2.97. The van der Waals surface area contributed by atoms with E-state index < -0.39 is 10.0 Å². The number of nitrogens with one attached hydrogen (secondary N) is 1. The van der Waals surface area contributed by atoms with Gasteiger partial charge in [0.1, 0.15) is 0 Å². The number of benzene rings is 1. The summed E-state index contributed by atoms with van der Waals surface area (Å²) in [6.07, 6.45) is 0.760. The Morgan fingerprint density at radius 2 is 1.85 bits per heavy atom. The quantitative estimate of drug-likeness (QED) is 0.842. The summed E-state index contributed by atoms with van der Waals surface area (Å²) in [5, 5.41) is 0. The van der Waals surface area contributed by atoms with Crippen LogP contribution in [0.2, 0.25) is 0 Å². The number of aryl methyl sites for hydroxylation is 1. The molecule has 8 nitrogen and oxygen atoms in total. The van der Waals surface area contributed by atoms with Crippen molar-refractivity contribution in [1.29, 1.82) is 0 Å². The lowest BCUT2D eigenvalue weighted by Crippen LogP contribution is -2.24. The van der Waals surface area contributed by atoms with Gasteiger partial charge in [-0.3, -0.25) is 0 Å². The van der Waals surface area contributed by atoms with Crippen LogP contribution in [0.5, 0.6) is 11.5 Å². The molecule has 0 amide bonds. The van der Waals surface area contributed by atoms with E-state index in [1.54, 1.807) is 17.0 Å². The zero-order valence-electron chi connectivity index (χ0n) is 15.0. The molecule has 2 heterocycles. The summed E-state index contributed by atoms with van der Waals surface area (Å²) in [6, 6.07) is 6.36. The molecule has 0 fully saturated rings. The van der Waals surface area contributed by atoms with E-state index in [-0.39, 0.29) is 11.4 Å². The molecule has 0 spiro atoms. The molecular formula is C17H22N4O4S. The van der Waals surface area contributed by atoms with E-state index >= 15 is 0 Å². The summed E-state index contributed by atoms with van der Waals surface area (Å²) >= 11 is 0. The van der Waals surface area contributed by atoms with Crippen molar-refractivity contribution in [3.05, 3.63) is 35.7 Å². The molecule has 1 aliphatic heterocycles. The molecule has 1 aromatic carbocycles. The molecule has 140 valence electrons. The van der Waals surface area contributed by atoms with Crippen LogP contribution in [0.4, 0.5) is 5.95 Å². The zero-order chi connectivity index (χ0) is 18.7. The predicted octanol–water partition coefficient (Wildman–Crippen LogP) is 1.49. The Morgan fingerprint density at radius 1 is 1.12 bits per heavy atom. The number of sulfonamides is 1. The Kier molecular flexibility index (Phi) is 5.28. The zero-order valence-corrected chi connectivity index (χ0v) is 15.8. The molecule has 0 radical (unpaired) electrons. The normalized spacial score (nSPS) is 14.0. The van der Waals surface area contributed by atoms with Gasteiger partial charge in [-0.2, -0.15) is 0 Å². The van der Waals surface area contributed by atoms with Gasteiger partial charge in [0.05, 0.1) is 30.3 Å². The molecule has 9 heteroatoms. The molecule has 0 unspecified atom stereocenters. The van der Waals surface area contributed by atoms with Gasteiger partial charge in [0.25, 0.3) is 0 Å². The van der Waals surface area contributed by atoms with E-state index in [9.17, 15) is 8.42 Å². The molecule has 2 aromatic rings. The minimum absolute atomic E-state index is 0.0704. The highest BCUT2D eigenvalue weighted by Crippen LogP contribution is 2.31. The standard InChI is InChI=1S/C17H22N4O4S/c1-12-9-13(20-17(19-12)21(2)3)11-18-26(22,23)14-5-6-15-16(10-14)25-8-4-7-24-15/h5-6,9-10,18H,4,7-8,11H2,1-3H3. The number of hydrogen-bond donors (Lipinski definition) is 1. The number of aromatic nitrogens is 2. The fourth-order valence-corrected chi connectivity index (χ4v) is 3.48. The molecule has 0 aliphatic carbocycles. The Balaban J connectivity index is 1.78. The van der Waals surface area contributed by atoms with Gasteiger partial charge >= 0.3 is 0 Å². The predicted molar refractivity (Wildman–Crippen MR) is 97.2 cm³/mol. The van der Waals surface area contributed by atoms with Gasteiger partial charge in [-0.1, -0.05) is 0 Å². The summed E-state index contributed by atoms with van der Waals surface area (Å²) in [5.74, 6) is 1.54. The first-order chi connectivity index (χ1) is 12.3. The highest BCUT2D eigenvalue weighted by molar-refractivity contribution is 7.89. The van der Waals surface area contributed by atoms with E-state index in [4.69, 9.17) is 9.47 Å². The molecule has 3 rings (SSSR count). The van der Waals surface area contributed by atoms with Crippen molar-refractivity contribution in [2.45, 2.75) is 24.8 Å². The van der Waals surface area contributed by atoms with Gasteiger partial charge in [0.2, 0.25) is 16.0 Å². The molecular weight excluding hydrogens is 356 g/mol. The third-order valence-corrected chi connectivity index (χ3v) is 5.17. The highest BCUT2D eigenvalue weighted by atomic mass is 32.2. The van der Waals surface area contributed by atoms with E-state index in [2.05, 4.69) is 14.7 Å². The van der Waals surface area contributed by atoms with Gasteiger partial charge in [0, 0.05) is 32.3 Å². The molecule has 26 heavy (non-hydrogen) atoms. The lowest BCUT2D eigenvalue weighted by atomic mass is 10.3. The minimum Gasteiger partial charge on any atom is -0.490 e. The SMILES string of the molecule is Cc1cc(CNS(=O)(=O)c2ccc3c(c2)OCCCO3)nc(N(C)C)n1. The smallest absolute Gasteiger partial charge is 0.241 e. The number of anilines is 1. The minimum atomic E-state index is -3.71. The molecule has 1 aromatic heterocycles. The van der Waals surface area contributed by atoms with Crippen molar-refractivity contribution >= 4 is 16.0 Å². The van der Waals surface area contributed by atoms with Gasteiger partial charge in [-0.15, -0.1) is 0 Å². The molecule has 1 N–H and O–H groups in total. The highest BCUT2D eigenvalue weighted by Gasteiger charge is 2.19. The summed E-state index contributed by atoms with van der Waals surface area (Å²) < 4.78 is 38.9. The lowest BCUT2D eigenvalue weighted by molar-refractivity contribution is 0.297. The van der Waals surface area contributed by atoms with E-state index in [1.807, 2.05) is 21.0 Å². The molecule has 0 saturated carbocycles. The fourth-order valence-electron chi connectivity index (χ4n) is 2.47. The monoisotopic (exact) mass is 378 g/mol. The van der Waals surface area contributed by atoms with Gasteiger partial charge in [0.15, 0.2) is 11.5 Å². The van der Waals surface area contributed by atoms with Crippen LogP contribution in [-0.4, -0.2) is 45.7 Å². The molecule has 1 aliphatic rings. The number of ether oxygens (including phenoxy) is 2. The third kappa shape index (κ3) is 4.23. The fraction of sp³-hybridized carbons (Fsp3) is 0.412. The molecule has 0 bridgehead atoms. The van der Waals surface area contributed by atoms with Crippen molar-refractivity contribution in [2.24, 2.45) is 0 Å². The van der Waals surface area contributed by atoms with E-state index in [1.165, 1.54) is 12.1 Å². The van der Waals surface area contributed by atoms with Crippen LogP contribution >= 0.6 is 0 Å². The Morgan fingerprint density at radius 3 is 2.58 bits per heavy atom. The second-order valence-electron chi connectivity index (χ2n) is 6.18. The summed E-state index contributed by atoms with van der Waals surface area (Å²) in [5.41, 5.74) is 1.37. The Labute approximate surface area is 153 Å². The van der Waals surface area contributed by atoms with Crippen molar-refractivity contribution in [2.75, 3.05) is 32.2 Å². The van der Waals surface area contributed by atoms with Crippen LogP contribution < -0.4 is 19.1 Å². The maximum atomic E-state index is 12.6. The maximum Gasteiger partial charge on any atom is 0.241 e.